The molecule has 1 unspecified atom stereocenters. The third kappa shape index (κ3) is 3.14. The van der Waals surface area contributed by atoms with E-state index in [0.717, 1.165) is 12.0 Å². The minimum Gasteiger partial charge on any atom is -0.481 e. The fraction of sp³-hybridized carbons (Fsp3) is 0.533. The smallest absolute Gasteiger partial charge is 0.303 e. The van der Waals surface area contributed by atoms with Crippen molar-refractivity contribution in [2.24, 2.45) is 5.92 Å². The molecule has 1 N–H and O–H groups in total. The minimum atomic E-state index is -0.797. The van der Waals surface area contributed by atoms with Crippen molar-refractivity contribution in [1.82, 2.24) is 0 Å². The largest absolute Gasteiger partial charge is 0.481 e. The Labute approximate surface area is 113 Å². The fourth-order valence-electron chi connectivity index (χ4n) is 2.48. The van der Waals surface area contributed by atoms with Crippen LogP contribution in [0.1, 0.15) is 31.7 Å². The Morgan fingerprint density at radius 2 is 1.95 bits per heavy atom. The first-order chi connectivity index (χ1) is 9.15. The van der Waals surface area contributed by atoms with Gasteiger partial charge in [0.1, 0.15) is 0 Å². The number of carboxylic acids is 1. The predicted octanol–water partition coefficient (Wildman–Crippen LogP) is 2.78. The van der Waals surface area contributed by atoms with Gasteiger partial charge in [-0.1, -0.05) is 37.3 Å². The molecule has 0 aromatic heterocycles. The molecule has 0 radical (unpaired) electrons. The van der Waals surface area contributed by atoms with Crippen LogP contribution in [0.3, 0.4) is 0 Å². The lowest BCUT2D eigenvalue weighted by Crippen LogP contribution is -2.43. The van der Waals surface area contributed by atoms with Crippen LogP contribution in [-0.4, -0.2) is 24.3 Å². The zero-order valence-corrected chi connectivity index (χ0v) is 11.2. The van der Waals surface area contributed by atoms with E-state index in [9.17, 15) is 4.79 Å². The Hall–Kier alpha value is -1.39. The molecule has 4 nitrogen and oxygen atoms in total. The molecule has 0 spiro atoms. The van der Waals surface area contributed by atoms with Crippen LogP contribution in [-0.2, 0) is 20.1 Å². The van der Waals surface area contributed by atoms with Gasteiger partial charge in [-0.25, -0.2) is 0 Å². The first kappa shape index (κ1) is 14.0. The van der Waals surface area contributed by atoms with E-state index >= 15 is 0 Å². The highest BCUT2D eigenvalue weighted by atomic mass is 16.7. The van der Waals surface area contributed by atoms with E-state index in [4.69, 9.17) is 14.6 Å². The van der Waals surface area contributed by atoms with Gasteiger partial charge in [-0.05, 0) is 12.8 Å². The molecule has 4 heteroatoms. The van der Waals surface area contributed by atoms with Crippen LogP contribution in [0.15, 0.2) is 30.3 Å². The van der Waals surface area contributed by atoms with Crippen LogP contribution < -0.4 is 0 Å². The highest BCUT2D eigenvalue weighted by Crippen LogP contribution is 2.39. The summed E-state index contributed by atoms with van der Waals surface area (Å²) in [5.74, 6) is -1.59. The Bertz CT molecular complexity index is 409. The van der Waals surface area contributed by atoms with Gasteiger partial charge in [0.05, 0.1) is 13.2 Å². The van der Waals surface area contributed by atoms with E-state index < -0.39 is 11.8 Å². The summed E-state index contributed by atoms with van der Waals surface area (Å²) < 4.78 is 11.9. The number of hydrogen-bond donors (Lipinski definition) is 1. The molecule has 1 atom stereocenters. The lowest BCUT2D eigenvalue weighted by molar-refractivity contribution is -0.302. The minimum absolute atomic E-state index is 0.00806. The number of carboxylic acid groups (broad SMARTS) is 1. The molecule has 1 fully saturated rings. The quantitative estimate of drug-likeness (QED) is 0.888. The number of aliphatic carboxylic acids is 1. The zero-order valence-electron chi connectivity index (χ0n) is 11.2. The molecular formula is C15H20O4. The normalized spacial score (nSPS) is 19.8. The Balaban J connectivity index is 2.21. The summed E-state index contributed by atoms with van der Waals surface area (Å²) in [6.45, 7) is 3.28. The fourth-order valence-corrected chi connectivity index (χ4v) is 2.48. The number of carbonyl (C=O) groups is 1. The second kappa shape index (κ2) is 6.17. The highest BCUT2D eigenvalue weighted by molar-refractivity contribution is 5.66. The first-order valence-corrected chi connectivity index (χ1v) is 6.70. The van der Waals surface area contributed by atoms with Crippen LogP contribution in [0, 0.1) is 5.92 Å². The van der Waals surface area contributed by atoms with E-state index in [1.807, 2.05) is 37.3 Å². The Kier molecular flexibility index (Phi) is 4.56. The van der Waals surface area contributed by atoms with Gasteiger partial charge in [-0.15, -0.1) is 0 Å². The summed E-state index contributed by atoms with van der Waals surface area (Å²) in [4.78, 5) is 10.7. The summed E-state index contributed by atoms with van der Waals surface area (Å²) in [5.41, 5.74) is 0.965. The maximum atomic E-state index is 10.7. The van der Waals surface area contributed by atoms with Crippen LogP contribution >= 0.6 is 0 Å². The van der Waals surface area contributed by atoms with Gasteiger partial charge in [0.25, 0.3) is 0 Å². The average molecular weight is 264 g/mol. The number of benzene rings is 1. The van der Waals surface area contributed by atoms with Crippen molar-refractivity contribution in [3.63, 3.8) is 0 Å². The van der Waals surface area contributed by atoms with Crippen LogP contribution in [0.5, 0.6) is 0 Å². The second-order valence-electron chi connectivity index (χ2n) is 4.92. The summed E-state index contributed by atoms with van der Waals surface area (Å²) >= 11 is 0. The predicted molar refractivity (Wildman–Crippen MR) is 70.7 cm³/mol. The lowest BCUT2D eigenvalue weighted by atomic mass is 9.88. The topological polar surface area (TPSA) is 55.8 Å². The lowest BCUT2D eigenvalue weighted by Gasteiger charge is -2.42. The van der Waals surface area contributed by atoms with Crippen molar-refractivity contribution >= 4 is 5.97 Å². The molecule has 19 heavy (non-hydrogen) atoms. The van der Waals surface area contributed by atoms with Gasteiger partial charge in [0.2, 0.25) is 0 Å². The number of rotatable bonds is 5. The van der Waals surface area contributed by atoms with Crippen LogP contribution in [0.4, 0.5) is 0 Å². The molecule has 0 bridgehead atoms. The average Bonchev–Trinajstić information content (AvgIpc) is 2.46. The van der Waals surface area contributed by atoms with Gasteiger partial charge >= 0.3 is 5.97 Å². The SMILES string of the molecule is CC(CCC(=O)O)C1(c2ccccc2)OCCCO1. The Morgan fingerprint density at radius 1 is 1.32 bits per heavy atom. The molecule has 1 aromatic rings. The van der Waals surface area contributed by atoms with Gasteiger partial charge in [0.15, 0.2) is 5.79 Å². The van der Waals surface area contributed by atoms with Crippen molar-refractivity contribution in [2.75, 3.05) is 13.2 Å². The van der Waals surface area contributed by atoms with E-state index in [2.05, 4.69) is 0 Å². The van der Waals surface area contributed by atoms with E-state index in [0.29, 0.717) is 19.6 Å². The molecule has 0 saturated carbocycles. The number of ether oxygens (including phenoxy) is 2. The van der Waals surface area contributed by atoms with Gasteiger partial charge in [0, 0.05) is 17.9 Å². The molecule has 0 amide bonds. The van der Waals surface area contributed by atoms with E-state index in [1.165, 1.54) is 0 Å². The maximum Gasteiger partial charge on any atom is 0.303 e. The Morgan fingerprint density at radius 3 is 2.53 bits per heavy atom. The van der Waals surface area contributed by atoms with E-state index in [-0.39, 0.29) is 12.3 Å². The van der Waals surface area contributed by atoms with E-state index in [1.54, 1.807) is 0 Å². The third-order valence-corrected chi connectivity index (χ3v) is 3.54. The molecule has 1 heterocycles. The maximum absolute atomic E-state index is 10.7. The molecule has 0 aliphatic carbocycles. The summed E-state index contributed by atoms with van der Waals surface area (Å²) in [6.07, 6.45) is 1.53. The van der Waals surface area contributed by atoms with Crippen molar-refractivity contribution in [2.45, 2.75) is 32.0 Å². The second-order valence-corrected chi connectivity index (χ2v) is 4.92. The molecule has 1 aliphatic rings. The molecule has 1 aromatic carbocycles. The van der Waals surface area contributed by atoms with Crippen molar-refractivity contribution in [3.8, 4) is 0 Å². The van der Waals surface area contributed by atoms with Crippen LogP contribution in [0.2, 0.25) is 0 Å². The first-order valence-electron chi connectivity index (χ1n) is 6.70. The molecule has 2 rings (SSSR count). The van der Waals surface area contributed by atoms with Crippen molar-refractivity contribution in [1.29, 1.82) is 0 Å². The molecule has 1 saturated heterocycles. The highest BCUT2D eigenvalue weighted by Gasteiger charge is 2.42. The van der Waals surface area contributed by atoms with Gasteiger partial charge < -0.3 is 14.6 Å². The zero-order chi connectivity index (χ0) is 13.7. The standard InChI is InChI=1S/C15H20O4/c1-12(8-9-14(16)17)15(18-10-5-11-19-15)13-6-3-2-4-7-13/h2-4,6-7,12H,5,8-11H2,1H3,(H,16,17). The van der Waals surface area contributed by atoms with Gasteiger partial charge in [-0.3, -0.25) is 4.79 Å². The molecule has 1 aliphatic heterocycles. The summed E-state index contributed by atoms with van der Waals surface area (Å²) in [5, 5.41) is 8.83. The monoisotopic (exact) mass is 264 g/mol. The molecule has 104 valence electrons. The third-order valence-electron chi connectivity index (χ3n) is 3.54. The van der Waals surface area contributed by atoms with Crippen molar-refractivity contribution < 1.29 is 19.4 Å². The van der Waals surface area contributed by atoms with Crippen molar-refractivity contribution in [3.05, 3.63) is 35.9 Å². The number of hydrogen-bond acceptors (Lipinski definition) is 3. The van der Waals surface area contributed by atoms with Crippen LogP contribution in [0.25, 0.3) is 0 Å². The molecular weight excluding hydrogens is 244 g/mol. The van der Waals surface area contributed by atoms with Gasteiger partial charge in [-0.2, -0.15) is 0 Å². The summed E-state index contributed by atoms with van der Waals surface area (Å²) in [7, 11) is 0. The summed E-state index contributed by atoms with van der Waals surface area (Å²) in [6, 6.07) is 9.79.